The Bertz CT molecular complexity index is 308. The molecule has 0 fully saturated rings. The van der Waals surface area contributed by atoms with Crippen LogP contribution in [0.4, 0.5) is 0 Å². The van der Waals surface area contributed by atoms with Gasteiger partial charge in [-0.25, -0.2) is 0 Å². The van der Waals surface area contributed by atoms with E-state index in [1.165, 1.54) is 10.4 Å². The number of hydrogen-bond donors (Lipinski definition) is 1. The zero-order valence-electron chi connectivity index (χ0n) is 8.84. The summed E-state index contributed by atoms with van der Waals surface area (Å²) >= 11 is 1.98. The van der Waals surface area contributed by atoms with Crippen molar-refractivity contribution >= 4 is 11.3 Å². The second kappa shape index (κ2) is 4.43. The van der Waals surface area contributed by atoms with Crippen LogP contribution in [0.25, 0.3) is 0 Å². The molecular weight excluding hydrogens is 194 g/mol. The molecule has 1 aliphatic rings. The minimum absolute atomic E-state index is 0.403. The Labute approximate surface area is 89.3 Å². The second-order valence-electron chi connectivity index (χ2n) is 3.67. The average molecular weight is 212 g/mol. The fourth-order valence-corrected chi connectivity index (χ4v) is 3.09. The molecule has 0 aliphatic carbocycles. The molecule has 1 atom stereocenters. The van der Waals surface area contributed by atoms with Gasteiger partial charge in [-0.15, -0.1) is 11.3 Å². The van der Waals surface area contributed by atoms with E-state index >= 15 is 0 Å². The van der Waals surface area contributed by atoms with Crippen LogP contribution in [0.3, 0.4) is 0 Å². The first kappa shape index (κ1) is 10.1. The van der Waals surface area contributed by atoms with E-state index in [1.54, 1.807) is 4.88 Å². The van der Waals surface area contributed by atoms with E-state index in [0.29, 0.717) is 6.10 Å². The molecule has 0 saturated carbocycles. The van der Waals surface area contributed by atoms with Crippen LogP contribution in [0, 0.1) is 0 Å². The van der Waals surface area contributed by atoms with Gasteiger partial charge in [-0.1, -0.05) is 6.92 Å². The Kier molecular flexibility index (Phi) is 3.21. The summed E-state index contributed by atoms with van der Waals surface area (Å²) in [6.07, 6.45) is 2.71. The SMILES string of the molecule is CCc1cc2c(s1)CC[OH+][C@@H]2CNC. The molecule has 3 heteroatoms. The topological polar surface area (TPSA) is 24.8 Å². The number of rotatable bonds is 3. The first-order chi connectivity index (χ1) is 6.85. The van der Waals surface area contributed by atoms with Crippen molar-refractivity contribution in [1.82, 2.24) is 5.32 Å². The Morgan fingerprint density at radius 3 is 3.21 bits per heavy atom. The Balaban J connectivity index is 2.24. The molecule has 0 spiro atoms. The fourth-order valence-electron chi connectivity index (χ4n) is 1.94. The molecule has 14 heavy (non-hydrogen) atoms. The Hall–Kier alpha value is -0.380. The molecule has 0 amide bonds. The van der Waals surface area contributed by atoms with Gasteiger partial charge in [-0.2, -0.15) is 0 Å². The smallest absolute Gasteiger partial charge is 0.194 e. The summed E-state index contributed by atoms with van der Waals surface area (Å²) in [5.41, 5.74) is 1.48. The van der Waals surface area contributed by atoms with Crippen LogP contribution in [-0.2, 0) is 12.8 Å². The van der Waals surface area contributed by atoms with E-state index in [-0.39, 0.29) is 0 Å². The summed E-state index contributed by atoms with van der Waals surface area (Å²) in [7, 11) is 2.00. The summed E-state index contributed by atoms with van der Waals surface area (Å²) in [5.74, 6) is 0. The quantitative estimate of drug-likeness (QED) is 0.757. The molecule has 0 aromatic carbocycles. The Morgan fingerprint density at radius 2 is 2.50 bits per heavy atom. The zero-order chi connectivity index (χ0) is 9.97. The molecule has 2 heterocycles. The van der Waals surface area contributed by atoms with Crippen LogP contribution in [-0.4, -0.2) is 24.9 Å². The number of thiophene rings is 1. The van der Waals surface area contributed by atoms with Gasteiger partial charge in [0.2, 0.25) is 0 Å². The molecule has 0 saturated heterocycles. The lowest BCUT2D eigenvalue weighted by Crippen LogP contribution is -2.26. The van der Waals surface area contributed by atoms with Crippen molar-refractivity contribution in [2.75, 3.05) is 20.2 Å². The van der Waals surface area contributed by atoms with Crippen LogP contribution in [0.1, 0.15) is 28.3 Å². The van der Waals surface area contributed by atoms with E-state index in [2.05, 4.69) is 23.0 Å². The maximum absolute atomic E-state index is 4.65. The van der Waals surface area contributed by atoms with E-state index in [1.807, 2.05) is 18.4 Å². The largest absolute Gasteiger partial charge is 0.427 e. The van der Waals surface area contributed by atoms with E-state index in [9.17, 15) is 0 Å². The minimum Gasteiger partial charge on any atom is -0.427 e. The summed E-state index contributed by atoms with van der Waals surface area (Å²) in [4.78, 5) is 3.07. The summed E-state index contributed by atoms with van der Waals surface area (Å²) < 4.78 is 4.65. The molecule has 1 aliphatic heterocycles. The molecule has 78 valence electrons. The third-order valence-electron chi connectivity index (χ3n) is 2.69. The van der Waals surface area contributed by atoms with Crippen molar-refractivity contribution in [2.45, 2.75) is 25.9 Å². The first-order valence-corrected chi connectivity index (χ1v) is 6.09. The minimum atomic E-state index is 0.403. The summed E-state index contributed by atoms with van der Waals surface area (Å²) in [5, 5.41) is 3.22. The highest BCUT2D eigenvalue weighted by Gasteiger charge is 2.26. The van der Waals surface area contributed by atoms with Crippen LogP contribution in [0.5, 0.6) is 0 Å². The Morgan fingerprint density at radius 1 is 1.64 bits per heavy atom. The average Bonchev–Trinajstić information content (AvgIpc) is 2.62. The van der Waals surface area contributed by atoms with Crippen molar-refractivity contribution in [3.8, 4) is 0 Å². The highest BCUT2D eigenvalue weighted by Crippen LogP contribution is 2.32. The molecule has 1 aromatic heterocycles. The number of likely N-dealkylation sites (N-methyl/N-ethyl adjacent to an activating group) is 1. The van der Waals surface area contributed by atoms with Gasteiger partial charge in [0.05, 0.1) is 13.0 Å². The number of aliphatic hydroxyl groups is 2. The fraction of sp³-hybridized carbons (Fsp3) is 0.636. The van der Waals surface area contributed by atoms with Gasteiger partial charge in [0.1, 0.15) is 6.61 Å². The standard InChI is InChI=1S/C11H17NOS/c1-3-8-6-9-10(7-12-2)13-5-4-11(9)14-8/h6,10,12H,3-5,7H2,1-2H3/p+1/t10-/m1/s1. The maximum Gasteiger partial charge on any atom is 0.194 e. The van der Waals surface area contributed by atoms with Gasteiger partial charge in [0.15, 0.2) is 6.10 Å². The molecule has 0 radical (unpaired) electrons. The van der Waals surface area contributed by atoms with Crippen LogP contribution in [0.15, 0.2) is 6.07 Å². The van der Waals surface area contributed by atoms with Gasteiger partial charge in [0, 0.05) is 15.3 Å². The predicted octanol–water partition coefficient (Wildman–Crippen LogP) is 1.66. The number of nitrogens with one attached hydrogen (secondary N) is 1. The lowest BCUT2D eigenvalue weighted by atomic mass is 10.1. The van der Waals surface area contributed by atoms with E-state index in [4.69, 9.17) is 0 Å². The molecule has 1 aromatic rings. The molecule has 2 N–H and O–H groups in total. The highest BCUT2D eigenvalue weighted by atomic mass is 32.1. The van der Waals surface area contributed by atoms with Crippen molar-refractivity contribution in [1.29, 1.82) is 0 Å². The van der Waals surface area contributed by atoms with Crippen LogP contribution in [0.2, 0.25) is 0 Å². The van der Waals surface area contributed by atoms with Crippen molar-refractivity contribution in [3.63, 3.8) is 0 Å². The third-order valence-corrected chi connectivity index (χ3v) is 4.04. The summed E-state index contributed by atoms with van der Waals surface area (Å²) in [6, 6.07) is 2.35. The van der Waals surface area contributed by atoms with Gasteiger partial charge >= 0.3 is 0 Å². The molecular formula is C11H18NOS+. The predicted molar refractivity (Wildman–Crippen MR) is 61.2 cm³/mol. The number of ether oxygens (including phenoxy) is 1. The third kappa shape index (κ3) is 1.85. The monoisotopic (exact) mass is 212 g/mol. The van der Waals surface area contributed by atoms with Crippen LogP contribution >= 0.6 is 11.3 Å². The first-order valence-electron chi connectivity index (χ1n) is 5.27. The number of aryl methyl sites for hydroxylation is 1. The van der Waals surface area contributed by atoms with Crippen molar-refractivity contribution in [3.05, 3.63) is 21.4 Å². The molecule has 0 unspecified atom stereocenters. The van der Waals surface area contributed by atoms with Gasteiger partial charge in [-0.3, -0.25) is 0 Å². The second-order valence-corrected chi connectivity index (χ2v) is 4.90. The zero-order valence-corrected chi connectivity index (χ0v) is 9.66. The maximum atomic E-state index is 4.65. The van der Waals surface area contributed by atoms with Crippen molar-refractivity contribution in [2.24, 2.45) is 0 Å². The lowest BCUT2D eigenvalue weighted by molar-refractivity contribution is -0.111. The number of hydrogen-bond acceptors (Lipinski definition) is 2. The number of fused-ring (bicyclic) bond motifs is 1. The normalized spacial score (nSPS) is 20.9. The molecule has 2 nitrogen and oxygen atoms in total. The molecule has 2 rings (SSSR count). The van der Waals surface area contributed by atoms with Gasteiger partial charge < -0.3 is 10.1 Å². The van der Waals surface area contributed by atoms with Gasteiger partial charge in [0.25, 0.3) is 0 Å². The van der Waals surface area contributed by atoms with E-state index in [0.717, 1.165) is 26.0 Å². The lowest BCUT2D eigenvalue weighted by Gasteiger charge is -2.19. The van der Waals surface area contributed by atoms with Crippen molar-refractivity contribution < 1.29 is 4.74 Å². The highest BCUT2D eigenvalue weighted by molar-refractivity contribution is 7.12. The molecule has 0 bridgehead atoms. The van der Waals surface area contributed by atoms with Crippen LogP contribution < -0.4 is 5.32 Å². The van der Waals surface area contributed by atoms with E-state index < -0.39 is 0 Å². The summed E-state index contributed by atoms with van der Waals surface area (Å²) in [6.45, 7) is 4.21. The van der Waals surface area contributed by atoms with Gasteiger partial charge in [-0.05, 0) is 19.5 Å².